The zero-order valence-corrected chi connectivity index (χ0v) is 21.4. The van der Waals surface area contributed by atoms with E-state index in [1.54, 1.807) is 0 Å². The molecule has 3 saturated heterocycles. The minimum atomic E-state index is -4.82. The van der Waals surface area contributed by atoms with Crippen LogP contribution in [0, 0.1) is 5.82 Å². The van der Waals surface area contributed by atoms with E-state index in [0.29, 0.717) is 36.9 Å². The van der Waals surface area contributed by atoms with Crippen molar-refractivity contribution in [2.45, 2.75) is 38.3 Å². The molecule has 3 fully saturated rings. The summed E-state index contributed by atoms with van der Waals surface area (Å²) in [4.78, 5) is 55.0. The molecular formula is C25H28F4N4O4S. The molecule has 8 nitrogen and oxygen atoms in total. The average Bonchev–Trinajstić information content (AvgIpc) is 3.16. The van der Waals surface area contributed by atoms with E-state index < -0.39 is 52.6 Å². The minimum Gasteiger partial charge on any atom is -0.353 e. The number of nitrogens with zero attached hydrogens (tertiary/aromatic N) is 3. The lowest BCUT2D eigenvalue weighted by atomic mass is 10.00. The van der Waals surface area contributed by atoms with Crippen LogP contribution in [-0.4, -0.2) is 83.5 Å². The molecule has 0 saturated carbocycles. The normalized spacial score (nSPS) is 19.4. The number of rotatable bonds is 6. The van der Waals surface area contributed by atoms with E-state index in [9.17, 15) is 36.7 Å². The lowest BCUT2D eigenvalue weighted by molar-refractivity contribution is -0.138. The maximum Gasteiger partial charge on any atom is 0.417 e. The highest BCUT2D eigenvalue weighted by Gasteiger charge is 2.40. The second-order valence-electron chi connectivity index (χ2n) is 9.42. The summed E-state index contributed by atoms with van der Waals surface area (Å²) in [5, 5.41) is 2.17. The number of thioether (sulfide) groups is 1. The van der Waals surface area contributed by atoms with Gasteiger partial charge in [0.05, 0.1) is 16.0 Å². The van der Waals surface area contributed by atoms with Gasteiger partial charge in [0.25, 0.3) is 17.1 Å². The van der Waals surface area contributed by atoms with Gasteiger partial charge in [0.2, 0.25) is 5.91 Å². The van der Waals surface area contributed by atoms with Gasteiger partial charge in [0.15, 0.2) is 0 Å². The van der Waals surface area contributed by atoms with Gasteiger partial charge >= 0.3 is 6.18 Å². The van der Waals surface area contributed by atoms with E-state index in [-0.39, 0.29) is 30.8 Å². The van der Waals surface area contributed by atoms with Gasteiger partial charge in [-0.05, 0) is 74.3 Å². The Morgan fingerprint density at radius 3 is 2.34 bits per heavy atom. The molecule has 13 heteroatoms. The van der Waals surface area contributed by atoms with E-state index in [1.807, 2.05) is 0 Å². The van der Waals surface area contributed by atoms with Crippen molar-refractivity contribution in [2.24, 2.45) is 0 Å². The van der Waals surface area contributed by atoms with Crippen LogP contribution in [0.5, 0.6) is 0 Å². The predicted molar refractivity (Wildman–Crippen MR) is 132 cm³/mol. The first-order chi connectivity index (χ1) is 18.0. The van der Waals surface area contributed by atoms with Crippen LogP contribution >= 0.6 is 11.8 Å². The van der Waals surface area contributed by atoms with Crippen molar-refractivity contribution in [1.29, 1.82) is 0 Å². The third kappa shape index (κ3) is 6.55. The zero-order chi connectivity index (χ0) is 27.4. The van der Waals surface area contributed by atoms with Crippen LogP contribution in [0.3, 0.4) is 0 Å². The number of amides is 4. The summed E-state index contributed by atoms with van der Waals surface area (Å²) < 4.78 is 53.6. The molecule has 206 valence electrons. The van der Waals surface area contributed by atoms with Crippen LogP contribution in [-0.2, 0) is 15.8 Å². The molecule has 0 aliphatic carbocycles. The van der Waals surface area contributed by atoms with E-state index in [0.717, 1.165) is 42.6 Å². The number of halogens is 4. The first-order valence-corrected chi connectivity index (χ1v) is 13.3. The van der Waals surface area contributed by atoms with Crippen molar-refractivity contribution in [1.82, 2.24) is 20.0 Å². The summed E-state index contributed by atoms with van der Waals surface area (Å²) in [6, 6.07) is 1.76. The number of hydrogen-bond donors (Lipinski definition) is 1. The molecule has 0 aromatic heterocycles. The molecule has 0 unspecified atom stereocenters. The summed E-state index contributed by atoms with van der Waals surface area (Å²) in [5.74, 6) is -2.94. The Morgan fingerprint density at radius 1 is 1.00 bits per heavy atom. The van der Waals surface area contributed by atoms with Crippen LogP contribution in [0.15, 0.2) is 28.7 Å². The molecule has 1 aromatic rings. The van der Waals surface area contributed by atoms with Crippen molar-refractivity contribution >= 4 is 34.7 Å². The summed E-state index contributed by atoms with van der Waals surface area (Å²) in [5.41, 5.74) is -1.39. The SMILES string of the molecule is O=C(CN1C(=O)SC(=C2CCN(C(=O)c3cc(F)ccc3C(F)(F)F)CC2)C1=O)NCCN1CCCCC1. The average molecular weight is 557 g/mol. The van der Waals surface area contributed by atoms with Gasteiger partial charge in [-0.25, -0.2) is 4.39 Å². The number of alkyl halides is 3. The number of hydrogen-bond acceptors (Lipinski definition) is 6. The van der Waals surface area contributed by atoms with E-state index in [1.165, 1.54) is 11.3 Å². The number of imide groups is 1. The highest BCUT2D eigenvalue weighted by atomic mass is 32.2. The quantitative estimate of drug-likeness (QED) is 0.425. The van der Waals surface area contributed by atoms with Gasteiger partial charge < -0.3 is 15.1 Å². The van der Waals surface area contributed by atoms with Crippen molar-refractivity contribution in [3.05, 3.63) is 45.6 Å². The third-order valence-electron chi connectivity index (χ3n) is 6.84. The summed E-state index contributed by atoms with van der Waals surface area (Å²) in [6.45, 7) is 2.71. The van der Waals surface area contributed by atoms with Gasteiger partial charge in [-0.2, -0.15) is 13.2 Å². The van der Waals surface area contributed by atoms with Crippen molar-refractivity contribution < 1.29 is 36.7 Å². The molecule has 1 aromatic carbocycles. The number of carbonyl (C=O) groups excluding carboxylic acids is 4. The van der Waals surface area contributed by atoms with Crippen LogP contribution in [0.2, 0.25) is 0 Å². The Balaban J connectivity index is 1.33. The Kier molecular flexibility index (Phi) is 8.76. The van der Waals surface area contributed by atoms with Crippen LogP contribution < -0.4 is 5.32 Å². The Bertz CT molecular complexity index is 1140. The van der Waals surface area contributed by atoms with E-state index >= 15 is 0 Å². The highest BCUT2D eigenvalue weighted by Crippen LogP contribution is 2.37. The molecule has 1 N–H and O–H groups in total. The van der Waals surface area contributed by atoms with Gasteiger partial charge in [-0.15, -0.1) is 0 Å². The molecule has 38 heavy (non-hydrogen) atoms. The monoisotopic (exact) mass is 556 g/mol. The lowest BCUT2D eigenvalue weighted by Crippen LogP contribution is -2.43. The first kappa shape index (κ1) is 28.1. The molecule has 0 bridgehead atoms. The molecule has 0 spiro atoms. The third-order valence-corrected chi connectivity index (χ3v) is 7.90. The molecule has 3 heterocycles. The Labute approximate surface area is 221 Å². The lowest BCUT2D eigenvalue weighted by Gasteiger charge is -2.30. The molecule has 3 aliphatic heterocycles. The molecule has 4 rings (SSSR count). The number of piperidine rings is 2. The highest BCUT2D eigenvalue weighted by molar-refractivity contribution is 8.18. The number of nitrogens with one attached hydrogen (secondary N) is 1. The fourth-order valence-electron chi connectivity index (χ4n) is 4.80. The molecule has 0 atom stereocenters. The standard InChI is InChI=1S/C25H28F4N4O4S/c26-17-4-5-19(25(27,28)29)18(14-17)22(35)32-11-6-16(7-12-32)21-23(36)33(24(37)38-21)15-20(34)30-8-13-31-9-2-1-3-10-31/h4-5,14H,1-3,6-13,15H2,(H,30,34). The molecule has 4 amide bonds. The number of carbonyl (C=O) groups is 4. The van der Waals surface area contributed by atoms with E-state index in [4.69, 9.17) is 0 Å². The predicted octanol–water partition coefficient (Wildman–Crippen LogP) is 3.63. The number of likely N-dealkylation sites (tertiary alicyclic amines) is 2. The number of benzene rings is 1. The van der Waals surface area contributed by atoms with Crippen LogP contribution in [0.1, 0.15) is 48.0 Å². The Hall–Kier alpha value is -2.93. The molecule has 3 aliphatic rings. The summed E-state index contributed by atoms with van der Waals surface area (Å²) >= 11 is 0.718. The maximum absolute atomic E-state index is 13.6. The minimum absolute atomic E-state index is 0.00446. The van der Waals surface area contributed by atoms with Crippen molar-refractivity contribution in [3.63, 3.8) is 0 Å². The molecular weight excluding hydrogens is 528 g/mol. The smallest absolute Gasteiger partial charge is 0.353 e. The fraction of sp³-hybridized carbons (Fsp3) is 0.520. The maximum atomic E-state index is 13.6. The van der Waals surface area contributed by atoms with E-state index in [2.05, 4.69) is 10.2 Å². The van der Waals surface area contributed by atoms with Gasteiger partial charge in [-0.1, -0.05) is 6.42 Å². The summed E-state index contributed by atoms with van der Waals surface area (Å²) in [6.07, 6.45) is -1.02. The Morgan fingerprint density at radius 2 is 1.68 bits per heavy atom. The van der Waals surface area contributed by atoms with Gasteiger partial charge in [0.1, 0.15) is 12.4 Å². The van der Waals surface area contributed by atoms with Crippen LogP contribution in [0.25, 0.3) is 0 Å². The topological polar surface area (TPSA) is 90.0 Å². The summed E-state index contributed by atoms with van der Waals surface area (Å²) in [7, 11) is 0. The van der Waals surface area contributed by atoms with Gasteiger partial charge in [-0.3, -0.25) is 24.1 Å². The van der Waals surface area contributed by atoms with Crippen molar-refractivity contribution in [2.75, 3.05) is 45.8 Å². The second-order valence-corrected chi connectivity index (χ2v) is 10.4. The second kappa shape index (κ2) is 11.9. The van der Waals surface area contributed by atoms with Crippen LogP contribution in [0.4, 0.5) is 22.4 Å². The first-order valence-electron chi connectivity index (χ1n) is 12.5. The fourth-order valence-corrected chi connectivity index (χ4v) is 5.78. The molecule has 0 radical (unpaired) electrons. The van der Waals surface area contributed by atoms with Gasteiger partial charge in [0, 0.05) is 26.2 Å². The largest absolute Gasteiger partial charge is 0.417 e. The van der Waals surface area contributed by atoms with Crippen molar-refractivity contribution in [3.8, 4) is 0 Å². The zero-order valence-electron chi connectivity index (χ0n) is 20.6.